The highest BCUT2D eigenvalue weighted by Gasteiger charge is 2.19. The molecule has 0 N–H and O–H groups in total. The highest BCUT2D eigenvalue weighted by Crippen LogP contribution is 2.16. The number of hydrogen-bond acceptors (Lipinski definition) is 6. The number of hydrogen-bond donors (Lipinski definition) is 0. The van der Waals surface area contributed by atoms with Crippen LogP contribution in [0.15, 0.2) is 97.2 Å². The molecule has 0 aliphatic heterocycles. The van der Waals surface area contributed by atoms with Gasteiger partial charge in [-0.25, -0.2) is 0 Å². The van der Waals surface area contributed by atoms with Crippen molar-refractivity contribution in [2.45, 2.75) is 245 Å². The molecular weight excluding hydrogens is 805 g/mol. The summed E-state index contributed by atoms with van der Waals surface area (Å²) in [4.78, 5) is 38.0. The van der Waals surface area contributed by atoms with E-state index in [1.54, 1.807) is 0 Å². The van der Waals surface area contributed by atoms with Crippen LogP contribution in [-0.2, 0) is 28.6 Å². The van der Waals surface area contributed by atoms with Crippen molar-refractivity contribution in [2.75, 3.05) is 13.2 Å². The van der Waals surface area contributed by atoms with E-state index >= 15 is 0 Å². The van der Waals surface area contributed by atoms with Crippen LogP contribution in [0.2, 0.25) is 0 Å². The van der Waals surface area contributed by atoms with Crippen LogP contribution < -0.4 is 0 Å². The van der Waals surface area contributed by atoms with Crippen molar-refractivity contribution in [3.05, 3.63) is 97.2 Å². The SMILES string of the molecule is CC/C=C\C/C=C\C/C=C\CCCC(=O)OCC(COC(=O)CCCCCCC\C=C/C=C\C=C/C=C\C=C/CCC)OC(=O)CCCCCCCCCCCCCCCCCCCC. The van der Waals surface area contributed by atoms with Gasteiger partial charge in [0.25, 0.3) is 0 Å². The van der Waals surface area contributed by atoms with Crippen molar-refractivity contribution in [1.82, 2.24) is 0 Å². The van der Waals surface area contributed by atoms with Crippen molar-refractivity contribution in [2.24, 2.45) is 0 Å². The predicted molar refractivity (Wildman–Crippen MR) is 279 cm³/mol. The topological polar surface area (TPSA) is 78.9 Å². The Hall–Kier alpha value is -3.67. The minimum absolute atomic E-state index is 0.106. The summed E-state index contributed by atoms with van der Waals surface area (Å²) in [5.74, 6) is -0.983. The van der Waals surface area contributed by atoms with Gasteiger partial charge in [0.15, 0.2) is 6.10 Å². The maximum atomic E-state index is 12.8. The lowest BCUT2D eigenvalue weighted by atomic mass is 10.0. The largest absolute Gasteiger partial charge is 0.462 e. The summed E-state index contributed by atoms with van der Waals surface area (Å²) in [6.45, 7) is 6.37. The third-order valence-corrected chi connectivity index (χ3v) is 11.2. The highest BCUT2D eigenvalue weighted by atomic mass is 16.6. The molecule has 0 aromatic carbocycles. The van der Waals surface area contributed by atoms with Crippen LogP contribution in [0.4, 0.5) is 0 Å². The van der Waals surface area contributed by atoms with Gasteiger partial charge < -0.3 is 14.2 Å². The highest BCUT2D eigenvalue weighted by molar-refractivity contribution is 5.71. The van der Waals surface area contributed by atoms with Gasteiger partial charge in [-0.15, -0.1) is 0 Å². The number of ether oxygens (including phenoxy) is 3. The molecule has 0 rings (SSSR count). The van der Waals surface area contributed by atoms with Crippen LogP contribution in [0.3, 0.4) is 0 Å². The lowest BCUT2D eigenvalue weighted by Crippen LogP contribution is -2.30. The first-order valence-corrected chi connectivity index (χ1v) is 26.8. The molecule has 0 amide bonds. The summed E-state index contributed by atoms with van der Waals surface area (Å²) in [7, 11) is 0. The number of carbonyl (C=O) groups excluding carboxylic acids is 3. The zero-order valence-electron chi connectivity index (χ0n) is 42.2. The molecule has 6 heteroatoms. The lowest BCUT2D eigenvalue weighted by molar-refractivity contribution is -0.167. The maximum absolute atomic E-state index is 12.8. The van der Waals surface area contributed by atoms with E-state index in [0.717, 1.165) is 89.9 Å². The Morgan fingerprint density at radius 2 is 0.708 bits per heavy atom. The third-order valence-electron chi connectivity index (χ3n) is 11.2. The summed E-state index contributed by atoms with van der Waals surface area (Å²) in [5, 5.41) is 0. The summed E-state index contributed by atoms with van der Waals surface area (Å²) < 4.78 is 16.7. The van der Waals surface area contributed by atoms with Gasteiger partial charge in [-0.1, -0.05) is 253 Å². The fourth-order valence-corrected chi connectivity index (χ4v) is 7.20. The Balaban J connectivity index is 4.44. The van der Waals surface area contributed by atoms with Crippen LogP contribution in [0.25, 0.3) is 0 Å². The molecular formula is C59H98O6. The van der Waals surface area contributed by atoms with Crippen LogP contribution in [-0.4, -0.2) is 37.2 Å². The first-order valence-electron chi connectivity index (χ1n) is 26.8. The molecule has 0 aromatic rings. The Kier molecular flexibility index (Phi) is 50.0. The zero-order chi connectivity index (χ0) is 47.2. The Morgan fingerprint density at radius 1 is 0.338 bits per heavy atom. The van der Waals surface area contributed by atoms with E-state index in [4.69, 9.17) is 14.2 Å². The van der Waals surface area contributed by atoms with Crippen molar-refractivity contribution >= 4 is 17.9 Å². The predicted octanol–water partition coefficient (Wildman–Crippen LogP) is 17.8. The molecule has 0 spiro atoms. The molecule has 0 bridgehead atoms. The number of carbonyl (C=O) groups is 3. The van der Waals surface area contributed by atoms with Gasteiger partial charge in [-0.2, -0.15) is 0 Å². The Morgan fingerprint density at radius 3 is 1.18 bits per heavy atom. The van der Waals surface area contributed by atoms with Gasteiger partial charge in [0, 0.05) is 19.3 Å². The summed E-state index contributed by atoms with van der Waals surface area (Å²) >= 11 is 0. The van der Waals surface area contributed by atoms with E-state index in [1.165, 1.54) is 103 Å². The molecule has 6 nitrogen and oxygen atoms in total. The average molecular weight is 903 g/mol. The standard InChI is InChI=1S/C59H98O6/c1-4-7-10-13-16-19-22-24-26-28-30-32-34-37-40-43-46-49-52-58(61)64-55-56(54-63-57(60)51-48-45-42-39-36-21-18-15-12-9-6-3)65-59(62)53-50-47-44-41-38-35-33-31-29-27-25-23-20-17-14-11-8-5-2/h9-10,12-13,16,18-19,21-22,24,26,28,30,32,39,42,56H,4-8,11,14-15,17,20,23,25,27,29,31,33-38,40-41,43-55H2,1-3H3/b12-9-,13-10-,19-16-,21-18-,24-22-,28-26-,32-30-,42-39-. The summed E-state index contributed by atoms with van der Waals surface area (Å²) in [6.07, 6.45) is 69.7. The first kappa shape index (κ1) is 61.3. The van der Waals surface area contributed by atoms with Gasteiger partial charge in [0.1, 0.15) is 13.2 Å². The molecule has 0 fully saturated rings. The molecule has 0 heterocycles. The molecule has 0 saturated heterocycles. The second kappa shape index (κ2) is 52.9. The molecule has 0 radical (unpaired) electrons. The number of allylic oxidation sites excluding steroid dienone is 16. The minimum atomic E-state index is -0.807. The van der Waals surface area contributed by atoms with Gasteiger partial charge >= 0.3 is 17.9 Å². The molecule has 0 saturated carbocycles. The fraction of sp³-hybridized carbons (Fsp3) is 0.678. The second-order valence-electron chi connectivity index (χ2n) is 17.5. The molecule has 1 unspecified atom stereocenters. The fourth-order valence-electron chi connectivity index (χ4n) is 7.20. The van der Waals surface area contributed by atoms with Crippen molar-refractivity contribution in [3.8, 4) is 0 Å². The van der Waals surface area contributed by atoms with Crippen LogP contribution in [0.1, 0.15) is 239 Å². The third kappa shape index (κ3) is 51.2. The molecule has 0 aromatic heterocycles. The molecule has 370 valence electrons. The smallest absolute Gasteiger partial charge is 0.306 e. The van der Waals surface area contributed by atoms with Crippen LogP contribution >= 0.6 is 0 Å². The summed E-state index contributed by atoms with van der Waals surface area (Å²) in [6, 6.07) is 0. The van der Waals surface area contributed by atoms with Gasteiger partial charge in [-0.3, -0.25) is 14.4 Å². The molecule has 0 aliphatic carbocycles. The number of rotatable bonds is 47. The lowest BCUT2D eigenvalue weighted by Gasteiger charge is -2.18. The quantitative estimate of drug-likeness (QED) is 0.0199. The zero-order valence-corrected chi connectivity index (χ0v) is 42.2. The Labute approximate surface area is 400 Å². The van der Waals surface area contributed by atoms with E-state index in [2.05, 4.69) is 93.7 Å². The number of unbranched alkanes of at least 4 members (excludes halogenated alkanes) is 24. The normalized spacial score (nSPS) is 12.8. The second-order valence-corrected chi connectivity index (χ2v) is 17.5. The van der Waals surface area contributed by atoms with Crippen molar-refractivity contribution in [1.29, 1.82) is 0 Å². The van der Waals surface area contributed by atoms with Crippen molar-refractivity contribution < 1.29 is 28.6 Å². The van der Waals surface area contributed by atoms with E-state index in [-0.39, 0.29) is 37.5 Å². The molecule has 0 aliphatic rings. The maximum Gasteiger partial charge on any atom is 0.306 e. The van der Waals surface area contributed by atoms with E-state index in [9.17, 15) is 14.4 Å². The summed E-state index contributed by atoms with van der Waals surface area (Å²) in [5.41, 5.74) is 0. The van der Waals surface area contributed by atoms with Crippen LogP contribution in [0, 0.1) is 0 Å². The van der Waals surface area contributed by atoms with E-state index in [0.29, 0.717) is 19.3 Å². The van der Waals surface area contributed by atoms with Gasteiger partial charge in [-0.05, 0) is 64.2 Å². The molecule has 1 atom stereocenters. The first-order chi connectivity index (χ1) is 32.0. The van der Waals surface area contributed by atoms with Crippen LogP contribution in [0.5, 0.6) is 0 Å². The Bertz CT molecular complexity index is 1310. The van der Waals surface area contributed by atoms with E-state index in [1.807, 2.05) is 24.3 Å². The van der Waals surface area contributed by atoms with E-state index < -0.39 is 6.10 Å². The number of esters is 3. The van der Waals surface area contributed by atoms with Gasteiger partial charge in [0.05, 0.1) is 0 Å². The average Bonchev–Trinajstić information content (AvgIpc) is 3.30. The minimum Gasteiger partial charge on any atom is -0.462 e. The molecule has 65 heavy (non-hydrogen) atoms. The van der Waals surface area contributed by atoms with Crippen molar-refractivity contribution in [3.63, 3.8) is 0 Å². The monoisotopic (exact) mass is 903 g/mol. The van der Waals surface area contributed by atoms with Gasteiger partial charge in [0.2, 0.25) is 0 Å².